The second kappa shape index (κ2) is 12.3. The van der Waals surface area contributed by atoms with Crippen LogP contribution in [0.2, 0.25) is 5.02 Å². The van der Waals surface area contributed by atoms with E-state index in [1.807, 2.05) is 72.0 Å². The fourth-order valence-electron chi connectivity index (χ4n) is 4.36. The minimum Gasteiger partial charge on any atom is -0.364 e. The van der Waals surface area contributed by atoms with Crippen LogP contribution >= 0.6 is 11.6 Å². The molecule has 0 radical (unpaired) electrons. The van der Waals surface area contributed by atoms with Gasteiger partial charge >= 0.3 is 0 Å². The maximum atomic E-state index is 13.4. The molecule has 1 N–H and O–H groups in total. The van der Waals surface area contributed by atoms with Crippen LogP contribution < -0.4 is 10.2 Å². The molecule has 0 bridgehead atoms. The van der Waals surface area contributed by atoms with E-state index in [-0.39, 0.29) is 11.7 Å². The van der Waals surface area contributed by atoms with Crippen molar-refractivity contribution >= 4 is 40.4 Å². The summed E-state index contributed by atoms with van der Waals surface area (Å²) in [5, 5.41) is 4.01. The topological polar surface area (TPSA) is 79.2 Å². The van der Waals surface area contributed by atoms with Gasteiger partial charge in [-0.1, -0.05) is 59.6 Å². The average molecular weight is 572 g/mol. The third-order valence-electron chi connectivity index (χ3n) is 6.88. The zero-order valence-corrected chi connectivity index (χ0v) is 23.9. The molecule has 41 heavy (non-hydrogen) atoms. The van der Waals surface area contributed by atoms with Crippen LogP contribution in [-0.4, -0.2) is 57.5 Å². The molecule has 10 heteroatoms. The number of benzene rings is 3. The number of aryl methyl sites for hydroxylation is 1. The number of aromatic nitrogens is 4. The predicted molar refractivity (Wildman–Crippen MR) is 161 cm³/mol. The van der Waals surface area contributed by atoms with E-state index < -0.39 is 0 Å². The summed E-state index contributed by atoms with van der Waals surface area (Å²) in [5.41, 5.74) is 4.86. The molecule has 0 fully saturated rings. The van der Waals surface area contributed by atoms with Gasteiger partial charge in [-0.25, -0.2) is 9.37 Å². The van der Waals surface area contributed by atoms with Crippen LogP contribution in [-0.2, 0) is 13.1 Å². The summed E-state index contributed by atoms with van der Waals surface area (Å²) in [6, 6.07) is 21.5. The number of imidazole rings is 1. The number of nitrogens with zero attached hydrogens (tertiary/aromatic N) is 6. The molecule has 0 saturated heterocycles. The van der Waals surface area contributed by atoms with Crippen LogP contribution in [0.15, 0.2) is 79.1 Å². The Morgan fingerprint density at radius 3 is 2.44 bits per heavy atom. The van der Waals surface area contributed by atoms with Crippen molar-refractivity contribution in [2.24, 2.45) is 0 Å². The largest absolute Gasteiger partial charge is 0.364 e. The van der Waals surface area contributed by atoms with Crippen LogP contribution in [0.1, 0.15) is 27.0 Å². The van der Waals surface area contributed by atoms with Crippen molar-refractivity contribution in [2.45, 2.75) is 20.0 Å². The molecule has 2 heterocycles. The molecule has 2 aromatic heterocycles. The molecular weight excluding hydrogens is 541 g/mol. The second-order valence-electron chi connectivity index (χ2n) is 10.0. The van der Waals surface area contributed by atoms with Crippen molar-refractivity contribution in [2.75, 3.05) is 37.4 Å². The van der Waals surface area contributed by atoms with Gasteiger partial charge in [-0.3, -0.25) is 4.79 Å². The van der Waals surface area contributed by atoms with Crippen molar-refractivity contribution < 1.29 is 9.18 Å². The second-order valence-corrected chi connectivity index (χ2v) is 10.4. The highest BCUT2D eigenvalue weighted by Gasteiger charge is 2.18. The third-order valence-corrected chi connectivity index (χ3v) is 7.25. The minimum atomic E-state index is -0.286. The van der Waals surface area contributed by atoms with E-state index in [0.717, 1.165) is 16.7 Å². The first-order valence-corrected chi connectivity index (χ1v) is 13.6. The molecule has 5 aromatic rings. The zero-order chi connectivity index (χ0) is 28.9. The summed E-state index contributed by atoms with van der Waals surface area (Å²) in [6.07, 6.45) is 1.73. The molecule has 0 saturated carbocycles. The number of hydrogen-bond donors (Lipinski definition) is 1. The number of amides is 1. The maximum absolute atomic E-state index is 13.4. The Morgan fingerprint density at radius 2 is 1.71 bits per heavy atom. The summed E-state index contributed by atoms with van der Waals surface area (Å²) in [6.45, 7) is 3.90. The molecule has 1 amide bonds. The molecule has 0 atom stereocenters. The summed E-state index contributed by atoms with van der Waals surface area (Å²) in [7, 11) is 3.68. The number of likely N-dealkylation sites (N-methyl/N-ethyl adjacent to an activating group) is 2. The van der Waals surface area contributed by atoms with Crippen LogP contribution in [0.25, 0.3) is 11.2 Å². The summed E-state index contributed by atoms with van der Waals surface area (Å²) in [4.78, 5) is 30.8. The number of fused-ring (bicyclic) bond motifs is 1. The molecule has 3 aromatic carbocycles. The average Bonchev–Trinajstić information content (AvgIpc) is 3.39. The number of nitrogens with one attached hydrogen (secondary N) is 1. The van der Waals surface area contributed by atoms with Crippen LogP contribution in [0, 0.1) is 12.7 Å². The number of carbonyl (C=O) groups is 1. The Bertz CT molecular complexity index is 1650. The van der Waals surface area contributed by atoms with E-state index in [1.54, 1.807) is 30.4 Å². The quantitative estimate of drug-likeness (QED) is 0.228. The maximum Gasteiger partial charge on any atom is 0.253 e. The van der Waals surface area contributed by atoms with Gasteiger partial charge in [-0.15, -0.1) is 0 Å². The van der Waals surface area contributed by atoms with E-state index in [4.69, 9.17) is 21.6 Å². The van der Waals surface area contributed by atoms with Crippen LogP contribution in [0.4, 0.5) is 16.2 Å². The van der Waals surface area contributed by atoms with E-state index in [1.165, 1.54) is 12.1 Å². The fraction of sp³-hybridized carbons (Fsp3) is 0.226. The van der Waals surface area contributed by atoms with Crippen molar-refractivity contribution in [3.05, 3.63) is 112 Å². The number of carbonyl (C=O) groups excluding carboxylic acids is 1. The Balaban J connectivity index is 1.40. The number of hydrogen-bond acceptors (Lipinski definition) is 6. The summed E-state index contributed by atoms with van der Waals surface area (Å²) >= 11 is 6.44. The van der Waals surface area contributed by atoms with Crippen molar-refractivity contribution in [1.82, 2.24) is 24.4 Å². The van der Waals surface area contributed by atoms with Gasteiger partial charge in [0.25, 0.3) is 5.91 Å². The van der Waals surface area contributed by atoms with Gasteiger partial charge in [0.2, 0.25) is 5.95 Å². The van der Waals surface area contributed by atoms with Gasteiger partial charge in [0.15, 0.2) is 17.0 Å². The Labute approximate surface area is 243 Å². The van der Waals surface area contributed by atoms with Crippen molar-refractivity contribution in [1.29, 1.82) is 0 Å². The molecule has 0 aliphatic rings. The molecule has 0 spiro atoms. The van der Waals surface area contributed by atoms with Crippen molar-refractivity contribution in [3.8, 4) is 0 Å². The smallest absolute Gasteiger partial charge is 0.253 e. The first-order valence-electron chi connectivity index (χ1n) is 13.3. The number of rotatable bonds is 10. The van der Waals surface area contributed by atoms with Gasteiger partial charge in [0.05, 0.1) is 12.9 Å². The summed E-state index contributed by atoms with van der Waals surface area (Å²) < 4.78 is 15.3. The number of anilines is 2. The van der Waals surface area contributed by atoms with Crippen LogP contribution in [0.3, 0.4) is 0 Å². The van der Waals surface area contributed by atoms with Gasteiger partial charge in [-0.2, -0.15) is 9.97 Å². The molecule has 8 nitrogen and oxygen atoms in total. The minimum absolute atomic E-state index is 0.0470. The highest BCUT2D eigenvalue weighted by molar-refractivity contribution is 6.31. The lowest BCUT2D eigenvalue weighted by atomic mass is 10.1. The Kier molecular flexibility index (Phi) is 8.45. The lowest BCUT2D eigenvalue weighted by molar-refractivity contribution is 0.0798. The highest BCUT2D eigenvalue weighted by atomic mass is 35.5. The molecule has 0 unspecified atom stereocenters. The SMILES string of the molecule is Cc1ccc(C(=O)N(C)CCN(C)c2nc(NCc3ccc(F)cc3)c3ncn(Cc4ccccc4Cl)c3n2)cc1. The standard InChI is InChI=1S/C31H31ClFN7O/c1-21-8-12-23(13-9-21)30(41)38(2)16-17-39(3)31-36-28(34-18-22-10-14-25(33)15-11-22)27-29(37-31)40(20-35-27)19-24-6-4-5-7-26(24)32/h4-15,20H,16-19H2,1-3H3,(H,34,36,37). The Hall–Kier alpha value is -4.50. The molecule has 0 aliphatic heterocycles. The van der Waals surface area contributed by atoms with E-state index in [0.29, 0.717) is 59.7 Å². The predicted octanol–water partition coefficient (Wildman–Crippen LogP) is 5.80. The third kappa shape index (κ3) is 6.63. The van der Waals surface area contributed by atoms with Gasteiger partial charge < -0.3 is 19.7 Å². The van der Waals surface area contributed by atoms with Gasteiger partial charge in [-0.05, 0) is 48.4 Å². The first kappa shape index (κ1) is 28.0. The first-order chi connectivity index (χ1) is 19.8. The molecule has 0 aliphatic carbocycles. The van der Waals surface area contributed by atoms with Gasteiger partial charge in [0.1, 0.15) is 5.82 Å². The van der Waals surface area contributed by atoms with Crippen LogP contribution in [0.5, 0.6) is 0 Å². The molecule has 210 valence electrons. The molecular formula is C31H31ClFN7O. The zero-order valence-electron chi connectivity index (χ0n) is 23.2. The van der Waals surface area contributed by atoms with Crippen molar-refractivity contribution in [3.63, 3.8) is 0 Å². The van der Waals surface area contributed by atoms with E-state index >= 15 is 0 Å². The van der Waals surface area contributed by atoms with Gasteiger partial charge in [0, 0.05) is 44.3 Å². The monoisotopic (exact) mass is 571 g/mol. The fourth-order valence-corrected chi connectivity index (χ4v) is 4.55. The lowest BCUT2D eigenvalue weighted by Crippen LogP contribution is -2.35. The Morgan fingerprint density at radius 1 is 0.976 bits per heavy atom. The van der Waals surface area contributed by atoms with E-state index in [9.17, 15) is 9.18 Å². The number of halogens is 2. The molecule has 5 rings (SSSR count). The summed E-state index contributed by atoms with van der Waals surface area (Å²) in [5.74, 6) is 0.708. The van der Waals surface area contributed by atoms with E-state index in [2.05, 4.69) is 10.3 Å². The lowest BCUT2D eigenvalue weighted by Gasteiger charge is -2.23. The normalized spacial score (nSPS) is 11.0. The highest BCUT2D eigenvalue weighted by Crippen LogP contribution is 2.25.